The van der Waals surface area contributed by atoms with E-state index in [1.165, 1.54) is 24.3 Å². The van der Waals surface area contributed by atoms with Crippen LogP contribution in [0.3, 0.4) is 0 Å². The topological polar surface area (TPSA) is 255 Å². The van der Waals surface area contributed by atoms with Gasteiger partial charge in [-0.25, -0.2) is 4.79 Å². The van der Waals surface area contributed by atoms with Gasteiger partial charge >= 0.3 is 5.97 Å². The standard InChI is InChI=1S/C27H37N7O7S/c28-19(14-42)23(37)33-21(12-15-3-7-17(35)8-4-15)25(39)34-22(13-16-5-9-18(36)10-6-16)24(38)32-20(26(40)41)2-1-11-31-27(29)30/h3-10,19-22,35-36,42H,1-2,11-14,28H2,(H,32,38)(H,33,37)(H,34,39)(H,40,41)(H4,29,30,31). The molecule has 0 aliphatic rings. The molecule has 15 heteroatoms. The van der Waals surface area contributed by atoms with Gasteiger partial charge in [-0.3, -0.25) is 19.4 Å². The average Bonchev–Trinajstić information content (AvgIpc) is 2.95. The summed E-state index contributed by atoms with van der Waals surface area (Å²) < 4.78 is 0. The number of benzene rings is 2. The van der Waals surface area contributed by atoms with E-state index < -0.39 is 47.9 Å². The summed E-state index contributed by atoms with van der Waals surface area (Å²) in [6.45, 7) is 0.155. The van der Waals surface area contributed by atoms with Crippen molar-refractivity contribution in [2.45, 2.75) is 49.9 Å². The molecule has 0 fully saturated rings. The van der Waals surface area contributed by atoms with E-state index in [-0.39, 0.29) is 55.4 Å². The zero-order valence-corrected chi connectivity index (χ0v) is 23.7. The zero-order chi connectivity index (χ0) is 31.2. The molecule has 0 radical (unpaired) electrons. The highest BCUT2D eigenvalue weighted by atomic mass is 32.1. The molecule has 3 amide bonds. The first-order valence-electron chi connectivity index (χ1n) is 13.0. The summed E-state index contributed by atoms with van der Waals surface area (Å²) in [6.07, 6.45) is 0.205. The number of rotatable bonds is 16. The molecule has 0 saturated carbocycles. The molecule has 0 aliphatic heterocycles. The van der Waals surface area contributed by atoms with E-state index in [1.54, 1.807) is 24.3 Å². The van der Waals surface area contributed by atoms with Gasteiger partial charge in [0.15, 0.2) is 5.96 Å². The number of phenolic OH excluding ortho intramolecular Hbond substituents is 2. The number of hydrogen-bond acceptors (Lipinski definition) is 9. The third kappa shape index (κ3) is 11.5. The summed E-state index contributed by atoms with van der Waals surface area (Å²) in [5.74, 6) is -3.58. The number of guanidine groups is 1. The number of aromatic hydroxyl groups is 2. The van der Waals surface area contributed by atoms with Crippen LogP contribution >= 0.6 is 12.6 Å². The predicted molar refractivity (Wildman–Crippen MR) is 159 cm³/mol. The van der Waals surface area contributed by atoms with Crippen LogP contribution in [0.5, 0.6) is 11.5 Å². The normalized spacial score (nSPS) is 13.6. The molecule has 12 N–H and O–H groups in total. The van der Waals surface area contributed by atoms with E-state index in [0.29, 0.717) is 11.1 Å². The Morgan fingerprint density at radius 1 is 0.762 bits per heavy atom. The van der Waals surface area contributed by atoms with Crippen molar-refractivity contribution in [3.63, 3.8) is 0 Å². The van der Waals surface area contributed by atoms with Gasteiger partial charge in [-0.05, 0) is 48.2 Å². The van der Waals surface area contributed by atoms with Crippen molar-refractivity contribution in [1.29, 1.82) is 0 Å². The van der Waals surface area contributed by atoms with Crippen molar-refractivity contribution in [3.05, 3.63) is 59.7 Å². The summed E-state index contributed by atoms with van der Waals surface area (Å²) in [6, 6.07) is 7.14. The van der Waals surface area contributed by atoms with E-state index in [4.69, 9.17) is 17.2 Å². The summed E-state index contributed by atoms with van der Waals surface area (Å²) in [5.41, 5.74) is 17.5. The molecule has 0 saturated heterocycles. The lowest BCUT2D eigenvalue weighted by Crippen LogP contribution is -2.58. The Balaban J connectivity index is 2.30. The van der Waals surface area contributed by atoms with Gasteiger partial charge < -0.3 is 48.5 Å². The lowest BCUT2D eigenvalue weighted by molar-refractivity contribution is -0.142. The monoisotopic (exact) mass is 603 g/mol. The highest BCUT2D eigenvalue weighted by Gasteiger charge is 2.30. The van der Waals surface area contributed by atoms with Crippen molar-refractivity contribution < 1.29 is 34.5 Å². The van der Waals surface area contributed by atoms with E-state index in [2.05, 4.69) is 33.6 Å². The molecular formula is C27H37N7O7S. The van der Waals surface area contributed by atoms with Crippen LogP contribution in [-0.4, -0.2) is 81.4 Å². The van der Waals surface area contributed by atoms with Crippen LogP contribution in [0.15, 0.2) is 53.5 Å². The second-order valence-corrected chi connectivity index (χ2v) is 9.87. The molecule has 0 aliphatic carbocycles. The Hall–Kier alpha value is -4.50. The Bertz CT molecular complexity index is 1240. The van der Waals surface area contributed by atoms with Crippen LogP contribution in [0, 0.1) is 0 Å². The van der Waals surface area contributed by atoms with Gasteiger partial charge in [0.05, 0.1) is 6.04 Å². The van der Waals surface area contributed by atoms with Crippen LogP contribution in [0.2, 0.25) is 0 Å². The largest absolute Gasteiger partial charge is 0.508 e. The number of carboxylic acid groups (broad SMARTS) is 1. The van der Waals surface area contributed by atoms with Crippen LogP contribution < -0.4 is 33.2 Å². The van der Waals surface area contributed by atoms with Crippen LogP contribution in [-0.2, 0) is 32.0 Å². The number of nitrogens with one attached hydrogen (secondary N) is 3. The zero-order valence-electron chi connectivity index (χ0n) is 22.8. The maximum absolute atomic E-state index is 13.5. The number of aliphatic carboxylic acids is 1. The molecule has 0 aromatic heterocycles. The Morgan fingerprint density at radius 3 is 1.60 bits per heavy atom. The number of amides is 3. The number of thiol groups is 1. The smallest absolute Gasteiger partial charge is 0.326 e. The average molecular weight is 604 g/mol. The van der Waals surface area contributed by atoms with Crippen molar-refractivity contribution in [3.8, 4) is 11.5 Å². The minimum absolute atomic E-state index is 0.00671. The molecule has 2 aromatic carbocycles. The lowest BCUT2D eigenvalue weighted by atomic mass is 10.0. The Kier molecular flexibility index (Phi) is 13.4. The number of carbonyl (C=O) groups is 4. The second-order valence-electron chi connectivity index (χ2n) is 9.50. The first-order valence-corrected chi connectivity index (χ1v) is 13.6. The fourth-order valence-electron chi connectivity index (χ4n) is 3.82. The molecule has 0 spiro atoms. The maximum Gasteiger partial charge on any atom is 0.326 e. The highest BCUT2D eigenvalue weighted by Crippen LogP contribution is 2.14. The highest BCUT2D eigenvalue weighted by molar-refractivity contribution is 7.80. The fraction of sp³-hybridized carbons (Fsp3) is 0.370. The van der Waals surface area contributed by atoms with Gasteiger partial charge in [-0.15, -0.1) is 0 Å². The van der Waals surface area contributed by atoms with Crippen molar-refractivity contribution >= 4 is 42.3 Å². The molecule has 2 rings (SSSR count). The Morgan fingerprint density at radius 2 is 1.19 bits per heavy atom. The molecule has 14 nitrogen and oxygen atoms in total. The molecule has 228 valence electrons. The van der Waals surface area contributed by atoms with Crippen LogP contribution in [0.1, 0.15) is 24.0 Å². The summed E-state index contributed by atoms with van der Waals surface area (Å²) in [4.78, 5) is 55.1. The van der Waals surface area contributed by atoms with E-state index in [9.17, 15) is 34.5 Å². The first kappa shape index (κ1) is 33.7. The number of nitrogens with two attached hydrogens (primary N) is 3. The molecule has 4 unspecified atom stereocenters. The number of hydrogen-bond donors (Lipinski definition) is 10. The lowest BCUT2D eigenvalue weighted by Gasteiger charge is -2.25. The van der Waals surface area contributed by atoms with E-state index in [1.807, 2.05) is 0 Å². The number of phenols is 2. The summed E-state index contributed by atoms with van der Waals surface area (Å²) >= 11 is 4.02. The quantitative estimate of drug-likeness (QED) is 0.0471. The van der Waals surface area contributed by atoms with Crippen LogP contribution in [0.25, 0.3) is 0 Å². The number of aliphatic imine (C=N–C) groups is 1. The third-order valence-corrected chi connectivity index (χ3v) is 6.51. The van der Waals surface area contributed by atoms with Gasteiger partial charge in [0.25, 0.3) is 0 Å². The minimum atomic E-state index is -1.30. The fourth-order valence-corrected chi connectivity index (χ4v) is 3.99. The first-order chi connectivity index (χ1) is 19.9. The van der Waals surface area contributed by atoms with E-state index >= 15 is 0 Å². The Labute approximate surface area is 248 Å². The van der Waals surface area contributed by atoms with Gasteiger partial charge in [-0.1, -0.05) is 24.3 Å². The van der Waals surface area contributed by atoms with Crippen molar-refractivity contribution in [1.82, 2.24) is 16.0 Å². The van der Waals surface area contributed by atoms with Crippen molar-refractivity contribution in [2.24, 2.45) is 22.2 Å². The van der Waals surface area contributed by atoms with Gasteiger partial charge in [-0.2, -0.15) is 12.6 Å². The SMILES string of the molecule is NC(N)=NCCCC(NC(=O)C(Cc1ccc(O)cc1)NC(=O)C(Cc1ccc(O)cc1)NC(=O)C(N)CS)C(=O)O. The molecule has 4 atom stereocenters. The molecule has 42 heavy (non-hydrogen) atoms. The van der Waals surface area contributed by atoms with Crippen molar-refractivity contribution in [2.75, 3.05) is 12.3 Å². The molecule has 0 bridgehead atoms. The van der Waals surface area contributed by atoms with Gasteiger partial charge in [0, 0.05) is 25.1 Å². The van der Waals surface area contributed by atoms with E-state index in [0.717, 1.165) is 0 Å². The van der Waals surface area contributed by atoms with Crippen LogP contribution in [0.4, 0.5) is 0 Å². The third-order valence-electron chi connectivity index (χ3n) is 6.11. The molecule has 2 aromatic rings. The summed E-state index contributed by atoms with van der Waals surface area (Å²) in [7, 11) is 0. The molecular weight excluding hydrogens is 566 g/mol. The maximum atomic E-state index is 13.5. The number of carbonyl (C=O) groups excluding carboxylic acids is 3. The predicted octanol–water partition coefficient (Wildman–Crippen LogP) is -1.27. The number of nitrogens with zero attached hydrogens (tertiary/aromatic N) is 1. The number of carboxylic acids is 1. The second kappa shape index (κ2) is 16.7. The molecule has 0 heterocycles. The summed E-state index contributed by atoms with van der Waals surface area (Å²) in [5, 5.41) is 36.5. The van der Waals surface area contributed by atoms with Gasteiger partial charge in [0.2, 0.25) is 17.7 Å². The van der Waals surface area contributed by atoms with Gasteiger partial charge in [0.1, 0.15) is 29.6 Å². The minimum Gasteiger partial charge on any atom is -0.508 e.